The molecule has 0 unspecified atom stereocenters. The molecule has 1 aromatic carbocycles. The topological polar surface area (TPSA) is 67.3 Å². The molecule has 1 amide bonds. The van der Waals surface area contributed by atoms with Gasteiger partial charge >= 0.3 is 0 Å². The predicted molar refractivity (Wildman–Crippen MR) is 98.9 cm³/mol. The molecule has 2 aliphatic heterocycles. The lowest BCUT2D eigenvalue weighted by Gasteiger charge is -2.39. The first-order valence-electron chi connectivity index (χ1n) is 9.66. The number of ether oxygens (including phenoxy) is 1. The summed E-state index contributed by atoms with van der Waals surface area (Å²) in [7, 11) is 0. The van der Waals surface area contributed by atoms with E-state index in [1.807, 2.05) is 11.8 Å². The van der Waals surface area contributed by atoms with Crippen LogP contribution in [0.1, 0.15) is 41.4 Å². The average Bonchev–Trinajstić information content (AvgIpc) is 2.84. The second-order valence-electron chi connectivity index (χ2n) is 7.67. The number of hydrogen-bond acceptors (Lipinski definition) is 5. The second kappa shape index (κ2) is 6.33. The van der Waals surface area contributed by atoms with Crippen LogP contribution in [0.15, 0.2) is 12.1 Å². The lowest BCUT2D eigenvalue weighted by atomic mass is 10.0. The molecular formula is C20H19F3N4O2. The first kappa shape index (κ1) is 18.2. The van der Waals surface area contributed by atoms with Crippen LogP contribution in [0.25, 0.3) is 11.3 Å². The summed E-state index contributed by atoms with van der Waals surface area (Å²) < 4.78 is 49.3. The van der Waals surface area contributed by atoms with Gasteiger partial charge in [-0.05, 0) is 31.9 Å². The standard InChI is InChI=1S/C20H19F3N4O2/c1-10-3-6-27(10)19-25-16(12-2-4-20(22,23)17(12)26-19)11-8-13(21)15-14(9-11)29-7-5-24-18(15)28/h8-10H,2-7H2,1H3,(H,24,28)/t10-/m0/s1. The fourth-order valence-corrected chi connectivity index (χ4v) is 4.06. The van der Waals surface area contributed by atoms with E-state index in [2.05, 4.69) is 15.3 Å². The van der Waals surface area contributed by atoms with Gasteiger partial charge in [-0.2, -0.15) is 8.78 Å². The van der Waals surface area contributed by atoms with E-state index in [9.17, 15) is 18.0 Å². The quantitative estimate of drug-likeness (QED) is 0.834. The Hall–Kier alpha value is -2.84. The van der Waals surface area contributed by atoms with E-state index in [4.69, 9.17) is 4.74 Å². The van der Waals surface area contributed by atoms with Crippen molar-refractivity contribution in [2.75, 3.05) is 24.6 Å². The number of amides is 1. The molecule has 29 heavy (non-hydrogen) atoms. The van der Waals surface area contributed by atoms with Gasteiger partial charge in [-0.3, -0.25) is 4.79 Å². The van der Waals surface area contributed by atoms with Crippen molar-refractivity contribution in [1.82, 2.24) is 15.3 Å². The summed E-state index contributed by atoms with van der Waals surface area (Å²) in [6, 6.07) is 2.83. The third-order valence-corrected chi connectivity index (χ3v) is 5.81. The summed E-state index contributed by atoms with van der Waals surface area (Å²) in [6.07, 6.45) is 0.686. The molecule has 6 nitrogen and oxygen atoms in total. The van der Waals surface area contributed by atoms with Gasteiger partial charge < -0.3 is 15.0 Å². The zero-order valence-electron chi connectivity index (χ0n) is 15.8. The van der Waals surface area contributed by atoms with Crippen molar-refractivity contribution in [2.24, 2.45) is 0 Å². The predicted octanol–water partition coefficient (Wildman–Crippen LogP) is 3.04. The van der Waals surface area contributed by atoms with E-state index in [0.29, 0.717) is 17.7 Å². The Kier molecular flexibility index (Phi) is 3.97. The minimum absolute atomic E-state index is 0.0889. The fraction of sp³-hybridized carbons (Fsp3) is 0.450. The summed E-state index contributed by atoms with van der Waals surface area (Å²) in [6.45, 7) is 3.12. The highest BCUT2D eigenvalue weighted by atomic mass is 19.3. The molecule has 3 aliphatic rings. The van der Waals surface area contributed by atoms with Gasteiger partial charge in [0.25, 0.3) is 11.8 Å². The Bertz CT molecular complexity index is 1030. The SMILES string of the molecule is C[C@H]1CCN1c1nc(-c2cc(F)c3c(c2)OCCNC3=O)c2c(n1)C(F)(F)CC2. The number of rotatable bonds is 2. The number of carbonyl (C=O) groups excluding carboxylic acids is 1. The number of alkyl halides is 2. The first-order valence-corrected chi connectivity index (χ1v) is 9.66. The van der Waals surface area contributed by atoms with Gasteiger partial charge in [-0.1, -0.05) is 0 Å². The first-order chi connectivity index (χ1) is 13.8. The molecule has 152 valence electrons. The lowest BCUT2D eigenvalue weighted by Crippen LogP contribution is -2.47. The fourth-order valence-electron chi connectivity index (χ4n) is 4.06. The number of hydrogen-bond donors (Lipinski definition) is 1. The number of benzene rings is 1. The third-order valence-electron chi connectivity index (χ3n) is 5.81. The lowest BCUT2D eigenvalue weighted by molar-refractivity contribution is -0.00595. The Labute approximate surface area is 165 Å². The molecule has 1 atom stereocenters. The van der Waals surface area contributed by atoms with Crippen molar-refractivity contribution in [3.8, 4) is 17.0 Å². The molecular weight excluding hydrogens is 385 g/mol. The molecule has 2 aromatic rings. The number of carbonyl (C=O) groups is 1. The maximum atomic E-state index is 14.8. The summed E-state index contributed by atoms with van der Waals surface area (Å²) in [5.74, 6) is -4.06. The number of aromatic nitrogens is 2. The molecule has 1 saturated heterocycles. The van der Waals surface area contributed by atoms with Crippen LogP contribution in [-0.2, 0) is 12.3 Å². The number of nitrogens with zero attached hydrogens (tertiary/aromatic N) is 3. The number of fused-ring (bicyclic) bond motifs is 2. The van der Waals surface area contributed by atoms with Crippen molar-refractivity contribution in [1.29, 1.82) is 0 Å². The van der Waals surface area contributed by atoms with Gasteiger partial charge in [-0.25, -0.2) is 14.4 Å². The normalized spacial score (nSPS) is 22.1. The smallest absolute Gasteiger partial charge is 0.290 e. The molecule has 0 radical (unpaired) electrons. The van der Waals surface area contributed by atoms with Crippen LogP contribution in [0.4, 0.5) is 19.1 Å². The number of halogens is 3. The summed E-state index contributed by atoms with van der Waals surface area (Å²) >= 11 is 0. The van der Waals surface area contributed by atoms with Crippen LogP contribution in [-0.4, -0.2) is 41.6 Å². The highest BCUT2D eigenvalue weighted by Crippen LogP contribution is 2.45. The van der Waals surface area contributed by atoms with Gasteiger partial charge in [0.05, 0.1) is 12.2 Å². The number of anilines is 1. The van der Waals surface area contributed by atoms with Crippen LogP contribution >= 0.6 is 0 Å². The molecule has 3 heterocycles. The van der Waals surface area contributed by atoms with E-state index in [1.54, 1.807) is 0 Å². The van der Waals surface area contributed by atoms with E-state index < -0.39 is 17.6 Å². The van der Waals surface area contributed by atoms with Crippen LogP contribution in [0.5, 0.6) is 5.75 Å². The van der Waals surface area contributed by atoms with E-state index >= 15 is 0 Å². The van der Waals surface area contributed by atoms with Gasteiger partial charge in [0.2, 0.25) is 5.95 Å². The van der Waals surface area contributed by atoms with Gasteiger partial charge in [0, 0.05) is 30.1 Å². The van der Waals surface area contributed by atoms with Crippen molar-refractivity contribution in [3.05, 3.63) is 34.8 Å². The zero-order chi connectivity index (χ0) is 20.3. The van der Waals surface area contributed by atoms with Gasteiger partial charge in [0.15, 0.2) is 0 Å². The molecule has 5 rings (SSSR count). The maximum Gasteiger partial charge on any atom is 0.290 e. The molecule has 1 fully saturated rings. The Morgan fingerprint density at radius 3 is 2.86 bits per heavy atom. The Balaban J connectivity index is 1.69. The molecule has 1 aliphatic carbocycles. The monoisotopic (exact) mass is 404 g/mol. The molecule has 1 N–H and O–H groups in total. The highest BCUT2D eigenvalue weighted by Gasteiger charge is 2.44. The molecule has 9 heteroatoms. The van der Waals surface area contributed by atoms with Gasteiger partial charge in [-0.15, -0.1) is 0 Å². The summed E-state index contributed by atoms with van der Waals surface area (Å²) in [4.78, 5) is 22.7. The summed E-state index contributed by atoms with van der Waals surface area (Å²) in [5, 5.41) is 2.56. The van der Waals surface area contributed by atoms with Crippen molar-refractivity contribution in [2.45, 2.75) is 38.2 Å². The zero-order valence-corrected chi connectivity index (χ0v) is 15.8. The van der Waals surface area contributed by atoms with E-state index in [-0.39, 0.29) is 60.7 Å². The van der Waals surface area contributed by atoms with Crippen LogP contribution < -0.4 is 15.0 Å². The highest BCUT2D eigenvalue weighted by molar-refractivity contribution is 5.98. The minimum atomic E-state index is -3.05. The Morgan fingerprint density at radius 1 is 1.31 bits per heavy atom. The third kappa shape index (κ3) is 2.82. The summed E-state index contributed by atoms with van der Waals surface area (Å²) in [5.41, 5.74) is 0.437. The van der Waals surface area contributed by atoms with Crippen molar-refractivity contribution in [3.63, 3.8) is 0 Å². The molecule has 0 saturated carbocycles. The van der Waals surface area contributed by atoms with Crippen LogP contribution in [0, 0.1) is 5.82 Å². The van der Waals surface area contributed by atoms with Crippen LogP contribution in [0.3, 0.4) is 0 Å². The van der Waals surface area contributed by atoms with E-state index in [1.165, 1.54) is 6.07 Å². The maximum absolute atomic E-state index is 14.8. The van der Waals surface area contributed by atoms with Crippen LogP contribution in [0.2, 0.25) is 0 Å². The number of nitrogens with one attached hydrogen (secondary N) is 1. The van der Waals surface area contributed by atoms with Crippen molar-refractivity contribution >= 4 is 11.9 Å². The largest absolute Gasteiger partial charge is 0.491 e. The van der Waals surface area contributed by atoms with Gasteiger partial charge in [0.1, 0.15) is 29.4 Å². The van der Waals surface area contributed by atoms with E-state index in [0.717, 1.165) is 12.5 Å². The van der Waals surface area contributed by atoms with Crippen molar-refractivity contribution < 1.29 is 22.7 Å². The molecule has 1 aromatic heterocycles. The minimum Gasteiger partial charge on any atom is -0.491 e. The molecule has 0 spiro atoms. The second-order valence-corrected chi connectivity index (χ2v) is 7.67. The Morgan fingerprint density at radius 2 is 2.14 bits per heavy atom. The molecule has 0 bridgehead atoms. The average molecular weight is 404 g/mol.